The molecule has 2 fully saturated rings. The van der Waals surface area contributed by atoms with Crippen LogP contribution in [-0.4, -0.2) is 31.8 Å². The fourth-order valence-corrected chi connectivity index (χ4v) is 3.71. The molecule has 2 rings (SSSR count). The zero-order chi connectivity index (χ0) is 16.2. The summed E-state index contributed by atoms with van der Waals surface area (Å²) in [7, 11) is 1.68. The van der Waals surface area contributed by atoms with Crippen molar-refractivity contribution in [3.63, 3.8) is 0 Å². The molecule has 2 N–H and O–H groups in total. The summed E-state index contributed by atoms with van der Waals surface area (Å²) in [5.41, 5.74) is 0.290. The Morgan fingerprint density at radius 3 is 2.39 bits per heavy atom. The van der Waals surface area contributed by atoms with E-state index in [1.165, 1.54) is 25.7 Å². The lowest BCUT2D eigenvalue weighted by atomic mass is 9.85. The lowest BCUT2D eigenvalue weighted by Crippen LogP contribution is -2.48. The third kappa shape index (κ3) is 6.31. The maximum atomic E-state index is 12.9. The number of guanidine groups is 1. The van der Waals surface area contributed by atoms with E-state index in [-0.39, 0.29) is 42.9 Å². The molecule has 2 aliphatic carbocycles. The highest BCUT2D eigenvalue weighted by Crippen LogP contribution is 2.38. The molecule has 2 atom stereocenters. The molecule has 0 amide bonds. The minimum atomic E-state index is -4.07. The van der Waals surface area contributed by atoms with Gasteiger partial charge in [-0.1, -0.05) is 26.2 Å². The van der Waals surface area contributed by atoms with Crippen molar-refractivity contribution in [1.29, 1.82) is 0 Å². The van der Waals surface area contributed by atoms with Crippen molar-refractivity contribution in [1.82, 2.24) is 10.6 Å². The van der Waals surface area contributed by atoms with Gasteiger partial charge in [0.1, 0.15) is 0 Å². The number of nitrogens with zero attached hydrogens (tertiary/aromatic N) is 1. The summed E-state index contributed by atoms with van der Waals surface area (Å²) < 4.78 is 38.6. The Labute approximate surface area is 154 Å². The van der Waals surface area contributed by atoms with Gasteiger partial charge in [0, 0.05) is 19.6 Å². The first-order valence-electron chi connectivity index (χ1n) is 8.36. The molecular weight excluding hydrogens is 418 g/mol. The predicted molar refractivity (Wildman–Crippen MR) is 98.3 cm³/mol. The van der Waals surface area contributed by atoms with Gasteiger partial charge in [-0.3, -0.25) is 4.99 Å². The van der Waals surface area contributed by atoms with Crippen molar-refractivity contribution in [2.24, 2.45) is 16.3 Å². The second kappa shape index (κ2) is 8.76. The Morgan fingerprint density at radius 1 is 1.17 bits per heavy atom. The van der Waals surface area contributed by atoms with E-state index in [0.717, 1.165) is 13.0 Å². The van der Waals surface area contributed by atoms with E-state index in [1.54, 1.807) is 7.05 Å². The van der Waals surface area contributed by atoms with Gasteiger partial charge in [-0.25, -0.2) is 0 Å². The zero-order valence-corrected chi connectivity index (χ0v) is 16.3. The van der Waals surface area contributed by atoms with Gasteiger partial charge in [0.2, 0.25) is 0 Å². The van der Waals surface area contributed by atoms with Gasteiger partial charge >= 0.3 is 6.18 Å². The normalized spacial score (nSPS) is 28.1. The molecule has 0 bridgehead atoms. The third-order valence-corrected chi connectivity index (χ3v) is 5.19. The largest absolute Gasteiger partial charge is 0.391 e. The number of alkyl halides is 3. The highest BCUT2D eigenvalue weighted by atomic mass is 127. The molecule has 0 aliphatic heterocycles. The van der Waals surface area contributed by atoms with E-state index < -0.39 is 12.1 Å². The molecule has 0 spiro atoms. The van der Waals surface area contributed by atoms with E-state index in [2.05, 4.69) is 22.5 Å². The van der Waals surface area contributed by atoms with E-state index in [9.17, 15) is 13.2 Å². The van der Waals surface area contributed by atoms with Gasteiger partial charge < -0.3 is 10.6 Å². The van der Waals surface area contributed by atoms with Crippen molar-refractivity contribution in [3.05, 3.63) is 0 Å². The van der Waals surface area contributed by atoms with Crippen LogP contribution in [0.25, 0.3) is 0 Å². The number of hydrogen-bond acceptors (Lipinski definition) is 1. The quantitative estimate of drug-likeness (QED) is 0.381. The average molecular weight is 447 g/mol. The lowest BCUT2D eigenvalue weighted by Gasteiger charge is -2.32. The Hall–Kier alpha value is -0.210. The summed E-state index contributed by atoms with van der Waals surface area (Å²) in [4.78, 5) is 4.17. The minimum absolute atomic E-state index is 0. The zero-order valence-electron chi connectivity index (χ0n) is 14.0. The molecule has 2 unspecified atom stereocenters. The summed E-state index contributed by atoms with van der Waals surface area (Å²) in [6, 6.07) is -0.136. The van der Waals surface area contributed by atoms with Crippen LogP contribution in [0.3, 0.4) is 0 Å². The van der Waals surface area contributed by atoms with E-state index >= 15 is 0 Å². The molecule has 3 nitrogen and oxygen atoms in total. The van der Waals surface area contributed by atoms with Crippen molar-refractivity contribution >= 4 is 29.9 Å². The summed E-state index contributed by atoms with van der Waals surface area (Å²) >= 11 is 0. The van der Waals surface area contributed by atoms with Crippen LogP contribution in [0.15, 0.2) is 4.99 Å². The first-order chi connectivity index (χ1) is 10.3. The SMILES string of the molecule is CN=C(NCC1(C)CCCC1)NC1CCCC(C(F)(F)F)C1.I. The van der Waals surface area contributed by atoms with Gasteiger partial charge in [-0.2, -0.15) is 13.2 Å². The Bertz CT molecular complexity index is 393. The van der Waals surface area contributed by atoms with Crippen LogP contribution >= 0.6 is 24.0 Å². The lowest BCUT2D eigenvalue weighted by molar-refractivity contribution is -0.183. The first kappa shape index (κ1) is 20.8. The molecule has 0 heterocycles. The van der Waals surface area contributed by atoms with Crippen LogP contribution in [0.4, 0.5) is 13.2 Å². The number of aliphatic imine (C=N–C) groups is 1. The van der Waals surface area contributed by atoms with Crippen molar-refractivity contribution in [3.8, 4) is 0 Å². The summed E-state index contributed by atoms with van der Waals surface area (Å²) in [5, 5.41) is 6.50. The van der Waals surface area contributed by atoms with Crippen molar-refractivity contribution in [2.45, 2.75) is 70.5 Å². The van der Waals surface area contributed by atoms with Gasteiger partial charge in [0.05, 0.1) is 5.92 Å². The minimum Gasteiger partial charge on any atom is -0.356 e. The molecule has 7 heteroatoms. The smallest absolute Gasteiger partial charge is 0.356 e. The van der Waals surface area contributed by atoms with Crippen LogP contribution in [0.2, 0.25) is 0 Å². The summed E-state index contributed by atoms with van der Waals surface area (Å²) in [6.07, 6.45) is 2.68. The van der Waals surface area contributed by atoms with Gasteiger partial charge in [-0.05, 0) is 37.5 Å². The number of rotatable bonds is 3. The first-order valence-corrected chi connectivity index (χ1v) is 8.36. The monoisotopic (exact) mass is 447 g/mol. The van der Waals surface area contributed by atoms with Crippen LogP contribution in [0.5, 0.6) is 0 Å². The molecule has 23 heavy (non-hydrogen) atoms. The summed E-state index contributed by atoms with van der Waals surface area (Å²) in [6.45, 7) is 3.10. The van der Waals surface area contributed by atoms with E-state index in [0.29, 0.717) is 17.8 Å². The molecule has 0 aromatic heterocycles. The molecule has 2 saturated carbocycles. The second-order valence-electron chi connectivity index (χ2n) is 7.19. The van der Waals surface area contributed by atoms with Crippen molar-refractivity contribution in [2.75, 3.05) is 13.6 Å². The van der Waals surface area contributed by atoms with Gasteiger partial charge in [0.25, 0.3) is 0 Å². The number of hydrogen-bond donors (Lipinski definition) is 2. The second-order valence-corrected chi connectivity index (χ2v) is 7.19. The number of halogens is 4. The fraction of sp³-hybridized carbons (Fsp3) is 0.938. The molecule has 0 saturated heterocycles. The maximum absolute atomic E-state index is 12.9. The molecular formula is C16H29F3IN3. The van der Waals surface area contributed by atoms with Gasteiger partial charge in [-0.15, -0.1) is 24.0 Å². The molecule has 2 aliphatic rings. The van der Waals surface area contributed by atoms with Crippen molar-refractivity contribution < 1.29 is 13.2 Å². The van der Waals surface area contributed by atoms with E-state index in [4.69, 9.17) is 0 Å². The standard InChI is InChI=1S/C16H28F3N3.HI/c1-15(8-3-4-9-15)11-21-14(20-2)22-13-7-5-6-12(10-13)16(17,18)19;/h12-13H,3-11H2,1-2H3,(H2,20,21,22);1H. The third-order valence-electron chi connectivity index (χ3n) is 5.19. The fourth-order valence-electron chi connectivity index (χ4n) is 3.71. The topological polar surface area (TPSA) is 36.4 Å². The predicted octanol–water partition coefficient (Wildman–Crippen LogP) is 4.47. The molecule has 0 aromatic carbocycles. The van der Waals surface area contributed by atoms with Crippen LogP contribution in [0.1, 0.15) is 58.3 Å². The maximum Gasteiger partial charge on any atom is 0.391 e. The Morgan fingerprint density at radius 2 is 1.83 bits per heavy atom. The molecule has 0 aromatic rings. The average Bonchev–Trinajstić information content (AvgIpc) is 2.90. The highest BCUT2D eigenvalue weighted by molar-refractivity contribution is 14.0. The van der Waals surface area contributed by atoms with Gasteiger partial charge in [0.15, 0.2) is 5.96 Å². The highest BCUT2D eigenvalue weighted by Gasteiger charge is 2.42. The summed E-state index contributed by atoms with van der Waals surface area (Å²) in [5.74, 6) is -0.537. The Kier molecular flexibility index (Phi) is 7.93. The molecule has 136 valence electrons. The molecule has 0 radical (unpaired) electrons. The number of nitrogens with one attached hydrogen (secondary N) is 2. The van der Waals surface area contributed by atoms with Crippen LogP contribution in [-0.2, 0) is 0 Å². The van der Waals surface area contributed by atoms with Crippen LogP contribution < -0.4 is 10.6 Å². The Balaban J connectivity index is 0.00000264. The van der Waals surface area contributed by atoms with E-state index in [1.807, 2.05) is 0 Å². The van der Waals surface area contributed by atoms with Crippen LogP contribution in [0, 0.1) is 11.3 Å².